The lowest BCUT2D eigenvalue weighted by Crippen LogP contribution is -2.34. The van der Waals surface area contributed by atoms with Crippen molar-refractivity contribution < 1.29 is 18.8 Å². The smallest absolute Gasteiger partial charge is 0.341 e. The summed E-state index contributed by atoms with van der Waals surface area (Å²) in [4.78, 5) is 15.9. The summed E-state index contributed by atoms with van der Waals surface area (Å²) in [6, 6.07) is 14.1. The van der Waals surface area contributed by atoms with Gasteiger partial charge in [-0.05, 0) is 17.2 Å². The summed E-state index contributed by atoms with van der Waals surface area (Å²) in [6.07, 6.45) is 0. The molecule has 0 amide bonds. The standard InChI is InChI=1S/C22H23FN4O3/c1-13(15-9-10-16(17(23)11-15)14-7-5-4-6-8-14)20-19(21(28)29)18(30-27-20)12-26-22(24-2)25-3/h4-11,13H,12H2,1-3H3,(H,28,29)(H2,24,25,26). The summed E-state index contributed by atoms with van der Waals surface area (Å²) in [5, 5.41) is 19.5. The maximum atomic E-state index is 14.8. The number of halogens is 1. The number of hydrogen-bond acceptors (Lipinski definition) is 4. The Morgan fingerprint density at radius 2 is 2.00 bits per heavy atom. The van der Waals surface area contributed by atoms with E-state index in [9.17, 15) is 14.3 Å². The van der Waals surface area contributed by atoms with Crippen molar-refractivity contribution in [3.63, 3.8) is 0 Å². The van der Waals surface area contributed by atoms with E-state index in [1.54, 1.807) is 33.2 Å². The fourth-order valence-corrected chi connectivity index (χ4v) is 3.24. The van der Waals surface area contributed by atoms with Crippen LogP contribution >= 0.6 is 0 Å². The van der Waals surface area contributed by atoms with Crippen LogP contribution in [-0.2, 0) is 6.54 Å². The van der Waals surface area contributed by atoms with E-state index in [4.69, 9.17) is 4.52 Å². The average molecular weight is 410 g/mol. The van der Waals surface area contributed by atoms with E-state index in [1.165, 1.54) is 6.07 Å². The van der Waals surface area contributed by atoms with Gasteiger partial charge in [-0.25, -0.2) is 9.18 Å². The Balaban J connectivity index is 1.90. The Hall–Kier alpha value is -3.68. The molecular formula is C22H23FN4O3. The molecule has 0 bridgehead atoms. The van der Waals surface area contributed by atoms with Crippen molar-refractivity contribution in [2.75, 3.05) is 14.1 Å². The molecule has 7 nitrogen and oxygen atoms in total. The Morgan fingerprint density at radius 1 is 1.27 bits per heavy atom. The van der Waals surface area contributed by atoms with Gasteiger partial charge in [-0.15, -0.1) is 0 Å². The molecule has 8 heteroatoms. The van der Waals surface area contributed by atoms with Crippen LogP contribution in [0.4, 0.5) is 4.39 Å². The van der Waals surface area contributed by atoms with Gasteiger partial charge >= 0.3 is 5.97 Å². The van der Waals surface area contributed by atoms with Gasteiger partial charge in [0.25, 0.3) is 0 Å². The molecular weight excluding hydrogens is 387 g/mol. The number of carboxylic acids is 1. The quantitative estimate of drug-likeness (QED) is 0.424. The number of rotatable bonds is 6. The van der Waals surface area contributed by atoms with Crippen molar-refractivity contribution in [1.82, 2.24) is 15.8 Å². The second-order valence-electron chi connectivity index (χ2n) is 6.67. The Kier molecular flexibility index (Phi) is 6.46. The zero-order valence-electron chi connectivity index (χ0n) is 16.9. The maximum absolute atomic E-state index is 14.8. The van der Waals surface area contributed by atoms with Crippen molar-refractivity contribution in [3.8, 4) is 11.1 Å². The molecule has 1 unspecified atom stereocenters. The van der Waals surface area contributed by atoms with E-state index in [0.717, 1.165) is 5.56 Å². The SMILES string of the molecule is C/N=C(/NC)NCc1onc(C(C)c2ccc(-c3ccccc3)c(F)c2)c1C(=O)O. The fraction of sp³-hybridized carbons (Fsp3) is 0.227. The molecule has 3 rings (SSSR count). The zero-order valence-corrected chi connectivity index (χ0v) is 16.9. The van der Waals surface area contributed by atoms with Crippen LogP contribution in [0.5, 0.6) is 0 Å². The molecule has 0 spiro atoms. The molecule has 0 saturated carbocycles. The number of aliphatic imine (C=N–C) groups is 1. The highest BCUT2D eigenvalue weighted by Gasteiger charge is 2.27. The first-order chi connectivity index (χ1) is 14.5. The van der Waals surface area contributed by atoms with Crippen LogP contribution in [0, 0.1) is 5.82 Å². The Labute approximate surface area is 173 Å². The van der Waals surface area contributed by atoms with Crippen LogP contribution in [0.25, 0.3) is 11.1 Å². The summed E-state index contributed by atoms with van der Waals surface area (Å²) < 4.78 is 20.1. The lowest BCUT2D eigenvalue weighted by Gasteiger charge is -2.12. The third-order valence-electron chi connectivity index (χ3n) is 4.87. The summed E-state index contributed by atoms with van der Waals surface area (Å²) in [5.74, 6) is -1.36. The number of guanidine groups is 1. The number of nitrogens with zero attached hydrogens (tertiary/aromatic N) is 2. The molecule has 0 aliphatic rings. The zero-order chi connectivity index (χ0) is 21.7. The van der Waals surface area contributed by atoms with E-state index in [2.05, 4.69) is 20.8 Å². The number of carboxylic acid groups (broad SMARTS) is 1. The van der Waals surface area contributed by atoms with Gasteiger partial charge < -0.3 is 20.3 Å². The van der Waals surface area contributed by atoms with Gasteiger partial charge in [0.2, 0.25) is 0 Å². The average Bonchev–Trinajstić information content (AvgIpc) is 3.18. The van der Waals surface area contributed by atoms with E-state index >= 15 is 0 Å². The number of hydrogen-bond donors (Lipinski definition) is 3. The molecule has 3 N–H and O–H groups in total. The van der Waals surface area contributed by atoms with Crippen LogP contribution in [0.1, 0.15) is 40.2 Å². The summed E-state index contributed by atoms with van der Waals surface area (Å²) in [6.45, 7) is 1.86. The van der Waals surface area contributed by atoms with Gasteiger partial charge in [0, 0.05) is 25.6 Å². The minimum atomic E-state index is -1.16. The molecule has 0 fully saturated rings. The first kappa shape index (κ1) is 21.0. The van der Waals surface area contributed by atoms with Crippen LogP contribution < -0.4 is 10.6 Å². The lowest BCUT2D eigenvalue weighted by molar-refractivity contribution is 0.0693. The first-order valence-corrected chi connectivity index (χ1v) is 9.41. The van der Waals surface area contributed by atoms with E-state index in [1.807, 2.05) is 30.3 Å². The number of carbonyl (C=O) groups is 1. The van der Waals surface area contributed by atoms with E-state index < -0.39 is 11.9 Å². The van der Waals surface area contributed by atoms with Gasteiger partial charge in [0.05, 0.1) is 6.54 Å². The molecule has 156 valence electrons. The molecule has 30 heavy (non-hydrogen) atoms. The summed E-state index contributed by atoms with van der Waals surface area (Å²) in [5.41, 5.74) is 2.06. The van der Waals surface area contributed by atoms with Crippen LogP contribution in [0.15, 0.2) is 58.0 Å². The summed E-state index contributed by atoms with van der Waals surface area (Å²) in [7, 11) is 3.29. The largest absolute Gasteiger partial charge is 0.477 e. The highest BCUT2D eigenvalue weighted by Crippen LogP contribution is 2.31. The van der Waals surface area contributed by atoms with Crippen molar-refractivity contribution in [2.24, 2.45) is 4.99 Å². The van der Waals surface area contributed by atoms with Gasteiger partial charge in [-0.1, -0.05) is 54.5 Å². The second-order valence-corrected chi connectivity index (χ2v) is 6.67. The second kappa shape index (κ2) is 9.21. The third kappa shape index (κ3) is 4.32. The minimum absolute atomic E-state index is 0.0332. The highest BCUT2D eigenvalue weighted by molar-refractivity contribution is 5.90. The van der Waals surface area contributed by atoms with E-state index in [-0.39, 0.29) is 29.4 Å². The first-order valence-electron chi connectivity index (χ1n) is 9.41. The molecule has 0 aliphatic heterocycles. The van der Waals surface area contributed by atoms with Crippen molar-refractivity contribution in [1.29, 1.82) is 0 Å². The van der Waals surface area contributed by atoms with Crippen LogP contribution in [-0.4, -0.2) is 36.3 Å². The fourth-order valence-electron chi connectivity index (χ4n) is 3.24. The molecule has 1 heterocycles. The van der Waals surface area contributed by atoms with Crippen molar-refractivity contribution in [3.05, 3.63) is 76.9 Å². The molecule has 3 aromatic rings. The Morgan fingerprint density at radius 3 is 2.60 bits per heavy atom. The number of benzene rings is 2. The van der Waals surface area contributed by atoms with Gasteiger partial charge in [-0.2, -0.15) is 0 Å². The summed E-state index contributed by atoms with van der Waals surface area (Å²) >= 11 is 0. The van der Waals surface area contributed by atoms with Gasteiger partial charge in [0.1, 0.15) is 17.1 Å². The molecule has 1 atom stereocenters. The topological polar surface area (TPSA) is 99.8 Å². The van der Waals surface area contributed by atoms with Gasteiger partial charge in [0.15, 0.2) is 11.7 Å². The van der Waals surface area contributed by atoms with Crippen molar-refractivity contribution >= 4 is 11.9 Å². The van der Waals surface area contributed by atoms with Crippen LogP contribution in [0.3, 0.4) is 0 Å². The van der Waals surface area contributed by atoms with Crippen molar-refractivity contribution in [2.45, 2.75) is 19.4 Å². The molecule has 1 aromatic heterocycles. The predicted octanol–water partition coefficient (Wildman–Crippen LogP) is 3.63. The molecule has 0 saturated heterocycles. The third-order valence-corrected chi connectivity index (χ3v) is 4.87. The highest BCUT2D eigenvalue weighted by atomic mass is 19.1. The predicted molar refractivity (Wildman–Crippen MR) is 112 cm³/mol. The molecule has 0 aliphatic carbocycles. The lowest BCUT2D eigenvalue weighted by atomic mass is 9.92. The number of aromatic nitrogens is 1. The Bertz CT molecular complexity index is 1060. The van der Waals surface area contributed by atoms with Crippen LogP contribution in [0.2, 0.25) is 0 Å². The van der Waals surface area contributed by atoms with E-state index in [0.29, 0.717) is 17.1 Å². The minimum Gasteiger partial charge on any atom is -0.477 e. The molecule has 2 aromatic carbocycles. The maximum Gasteiger partial charge on any atom is 0.341 e. The number of aromatic carboxylic acids is 1. The normalized spacial score (nSPS) is 12.5. The monoisotopic (exact) mass is 410 g/mol. The number of nitrogens with one attached hydrogen (secondary N) is 2. The van der Waals surface area contributed by atoms with Gasteiger partial charge in [-0.3, -0.25) is 4.99 Å². The molecule has 0 radical (unpaired) electrons.